The maximum absolute atomic E-state index is 11.7. The Balaban J connectivity index is 2.48. The molecule has 1 rings (SSSR count). The first-order chi connectivity index (χ1) is 7.04. The van der Waals surface area contributed by atoms with E-state index in [2.05, 4.69) is 13.8 Å². The third-order valence-electron chi connectivity index (χ3n) is 2.69. The van der Waals surface area contributed by atoms with Crippen molar-refractivity contribution >= 4 is 22.8 Å². The Kier molecular flexibility index (Phi) is 4.64. The van der Waals surface area contributed by atoms with E-state index in [0.29, 0.717) is 12.5 Å². The van der Waals surface area contributed by atoms with E-state index in [1.807, 2.05) is 4.90 Å². The molecule has 2 atom stereocenters. The van der Waals surface area contributed by atoms with Crippen molar-refractivity contribution in [2.75, 3.05) is 6.54 Å². The number of hydrogen-bond acceptors (Lipinski definition) is 3. The van der Waals surface area contributed by atoms with Gasteiger partial charge >= 0.3 is 0 Å². The Bertz CT molecular complexity index is 255. The van der Waals surface area contributed by atoms with E-state index in [9.17, 15) is 9.59 Å². The van der Waals surface area contributed by atoms with Crippen LogP contribution < -0.4 is 0 Å². The lowest BCUT2D eigenvalue weighted by Gasteiger charge is -2.24. The van der Waals surface area contributed by atoms with Crippen molar-refractivity contribution in [3.8, 4) is 0 Å². The van der Waals surface area contributed by atoms with Crippen LogP contribution in [0.15, 0.2) is 0 Å². The fourth-order valence-electron chi connectivity index (χ4n) is 2.01. The van der Waals surface area contributed by atoms with Crippen LogP contribution in [0.4, 0.5) is 0 Å². The SMILES string of the molecule is CCCC(C)N1CC(SC(C)=O)CC1=O. The highest BCUT2D eigenvalue weighted by Crippen LogP contribution is 2.26. The number of carbonyl (C=O) groups excluding carboxylic acids is 2. The van der Waals surface area contributed by atoms with Crippen LogP contribution in [-0.4, -0.2) is 33.8 Å². The van der Waals surface area contributed by atoms with Gasteiger partial charge in [0.25, 0.3) is 0 Å². The number of rotatable bonds is 4. The van der Waals surface area contributed by atoms with Crippen LogP contribution in [0.3, 0.4) is 0 Å². The zero-order valence-electron chi connectivity index (χ0n) is 9.66. The molecule has 0 aromatic carbocycles. The fourth-order valence-corrected chi connectivity index (χ4v) is 2.94. The van der Waals surface area contributed by atoms with Gasteiger partial charge in [0.05, 0.1) is 0 Å². The second-order valence-corrected chi connectivity index (χ2v) is 5.60. The molecule has 86 valence electrons. The summed E-state index contributed by atoms with van der Waals surface area (Å²) in [7, 11) is 0. The molecule has 0 radical (unpaired) electrons. The molecule has 1 heterocycles. The van der Waals surface area contributed by atoms with E-state index in [4.69, 9.17) is 0 Å². The number of hydrogen-bond donors (Lipinski definition) is 0. The summed E-state index contributed by atoms with van der Waals surface area (Å²) in [5.41, 5.74) is 0. The molecular weight excluding hydrogens is 210 g/mol. The van der Waals surface area contributed by atoms with Gasteiger partial charge in [-0.25, -0.2) is 0 Å². The van der Waals surface area contributed by atoms with E-state index in [0.717, 1.165) is 19.4 Å². The van der Waals surface area contributed by atoms with Crippen LogP contribution in [0.25, 0.3) is 0 Å². The molecule has 1 fully saturated rings. The van der Waals surface area contributed by atoms with Crippen LogP contribution >= 0.6 is 11.8 Å². The van der Waals surface area contributed by atoms with Gasteiger partial charge < -0.3 is 4.90 Å². The van der Waals surface area contributed by atoms with Crippen LogP contribution in [0.5, 0.6) is 0 Å². The number of amides is 1. The average molecular weight is 229 g/mol. The quantitative estimate of drug-likeness (QED) is 0.740. The Hall–Kier alpha value is -0.510. The monoisotopic (exact) mass is 229 g/mol. The summed E-state index contributed by atoms with van der Waals surface area (Å²) in [6.45, 7) is 6.51. The second kappa shape index (κ2) is 5.54. The summed E-state index contributed by atoms with van der Waals surface area (Å²) in [6.07, 6.45) is 2.66. The molecule has 1 aliphatic rings. The maximum atomic E-state index is 11.7. The number of nitrogens with zero attached hydrogens (tertiary/aromatic N) is 1. The van der Waals surface area contributed by atoms with E-state index in [1.165, 1.54) is 11.8 Å². The highest BCUT2D eigenvalue weighted by molar-refractivity contribution is 8.14. The molecule has 0 N–H and O–H groups in total. The third kappa shape index (κ3) is 3.52. The Morgan fingerprint density at radius 2 is 2.33 bits per heavy atom. The summed E-state index contributed by atoms with van der Waals surface area (Å²) in [6, 6.07) is 0.319. The van der Waals surface area contributed by atoms with Crippen LogP contribution in [0.1, 0.15) is 40.0 Å². The second-order valence-electron chi connectivity index (χ2n) is 4.12. The average Bonchev–Trinajstić information content (AvgIpc) is 2.46. The normalized spacial score (nSPS) is 23.3. The molecule has 2 unspecified atom stereocenters. The van der Waals surface area contributed by atoms with Gasteiger partial charge in [-0.2, -0.15) is 0 Å². The molecule has 4 heteroatoms. The molecule has 0 aromatic heterocycles. The zero-order valence-corrected chi connectivity index (χ0v) is 10.5. The van der Waals surface area contributed by atoms with Crippen molar-refractivity contribution in [1.82, 2.24) is 4.90 Å². The van der Waals surface area contributed by atoms with Crippen molar-refractivity contribution in [2.24, 2.45) is 0 Å². The van der Waals surface area contributed by atoms with Crippen molar-refractivity contribution in [2.45, 2.75) is 51.3 Å². The lowest BCUT2D eigenvalue weighted by molar-refractivity contribution is -0.129. The molecule has 15 heavy (non-hydrogen) atoms. The predicted molar refractivity (Wildman–Crippen MR) is 62.8 cm³/mol. The largest absolute Gasteiger partial charge is 0.339 e. The van der Waals surface area contributed by atoms with Crippen LogP contribution in [0.2, 0.25) is 0 Å². The fraction of sp³-hybridized carbons (Fsp3) is 0.818. The molecule has 0 saturated carbocycles. The lowest BCUT2D eigenvalue weighted by Crippen LogP contribution is -2.34. The summed E-state index contributed by atoms with van der Waals surface area (Å²) < 4.78 is 0. The standard InChI is InChI=1S/C11H19NO2S/c1-4-5-8(2)12-7-10(6-11(12)14)15-9(3)13/h8,10H,4-7H2,1-3H3. The van der Waals surface area contributed by atoms with Crippen molar-refractivity contribution in [1.29, 1.82) is 0 Å². The van der Waals surface area contributed by atoms with Crippen LogP contribution in [0, 0.1) is 0 Å². The van der Waals surface area contributed by atoms with E-state index >= 15 is 0 Å². The summed E-state index contributed by atoms with van der Waals surface area (Å²) in [5.74, 6) is 0.203. The Labute approximate surface area is 95.6 Å². The first-order valence-electron chi connectivity index (χ1n) is 5.51. The first-order valence-corrected chi connectivity index (χ1v) is 6.39. The van der Waals surface area contributed by atoms with Gasteiger partial charge in [0, 0.05) is 31.2 Å². The predicted octanol–water partition coefficient (Wildman–Crippen LogP) is 2.06. The molecule has 1 amide bonds. The molecular formula is C11H19NO2S. The van der Waals surface area contributed by atoms with E-state index in [1.54, 1.807) is 6.92 Å². The minimum Gasteiger partial charge on any atom is -0.339 e. The zero-order chi connectivity index (χ0) is 11.4. The first kappa shape index (κ1) is 12.6. The number of likely N-dealkylation sites (tertiary alicyclic amines) is 1. The van der Waals surface area contributed by atoms with Gasteiger partial charge in [0.1, 0.15) is 0 Å². The number of carbonyl (C=O) groups is 2. The van der Waals surface area contributed by atoms with Gasteiger partial charge in [-0.05, 0) is 13.3 Å². The minimum atomic E-state index is 0.109. The molecule has 3 nitrogen and oxygen atoms in total. The minimum absolute atomic E-state index is 0.109. The third-order valence-corrected chi connectivity index (χ3v) is 3.68. The maximum Gasteiger partial charge on any atom is 0.224 e. The molecule has 0 bridgehead atoms. The highest BCUT2D eigenvalue weighted by Gasteiger charge is 2.33. The van der Waals surface area contributed by atoms with Crippen molar-refractivity contribution in [3.05, 3.63) is 0 Å². The lowest BCUT2D eigenvalue weighted by atomic mass is 10.2. The van der Waals surface area contributed by atoms with E-state index < -0.39 is 0 Å². The van der Waals surface area contributed by atoms with Gasteiger partial charge in [0.2, 0.25) is 5.91 Å². The topological polar surface area (TPSA) is 37.4 Å². The van der Waals surface area contributed by atoms with Gasteiger partial charge in [-0.15, -0.1) is 0 Å². The van der Waals surface area contributed by atoms with Gasteiger partial charge in [-0.1, -0.05) is 25.1 Å². The van der Waals surface area contributed by atoms with Crippen molar-refractivity contribution in [3.63, 3.8) is 0 Å². The van der Waals surface area contributed by atoms with Gasteiger partial charge in [0.15, 0.2) is 5.12 Å². The van der Waals surface area contributed by atoms with Crippen LogP contribution in [-0.2, 0) is 9.59 Å². The molecule has 1 aliphatic heterocycles. The van der Waals surface area contributed by atoms with Gasteiger partial charge in [-0.3, -0.25) is 9.59 Å². The smallest absolute Gasteiger partial charge is 0.224 e. The molecule has 1 saturated heterocycles. The highest BCUT2D eigenvalue weighted by atomic mass is 32.2. The molecule has 0 aromatic rings. The number of thioether (sulfide) groups is 1. The van der Waals surface area contributed by atoms with E-state index in [-0.39, 0.29) is 16.3 Å². The Morgan fingerprint density at radius 3 is 2.87 bits per heavy atom. The van der Waals surface area contributed by atoms with Crippen molar-refractivity contribution < 1.29 is 9.59 Å². The molecule has 0 spiro atoms. The summed E-state index contributed by atoms with van der Waals surface area (Å²) in [5, 5.41) is 0.284. The summed E-state index contributed by atoms with van der Waals surface area (Å²) in [4.78, 5) is 24.5. The summed E-state index contributed by atoms with van der Waals surface area (Å²) >= 11 is 1.30. The Morgan fingerprint density at radius 1 is 1.67 bits per heavy atom. The molecule has 0 aliphatic carbocycles.